The van der Waals surface area contributed by atoms with Crippen LogP contribution in [-0.2, 0) is 0 Å². The largest absolute Gasteiger partial charge is 0.360 e. The number of hydrogen-bond donors (Lipinski definition) is 3. The summed E-state index contributed by atoms with van der Waals surface area (Å²) in [4.78, 5) is 31.9. The lowest BCUT2D eigenvalue weighted by molar-refractivity contribution is 0.0635. The average molecular weight is 481 g/mol. The molecule has 0 aliphatic carbocycles. The summed E-state index contributed by atoms with van der Waals surface area (Å²) in [7, 11) is 4.04. The van der Waals surface area contributed by atoms with Gasteiger partial charge >= 0.3 is 0 Å². The van der Waals surface area contributed by atoms with E-state index in [2.05, 4.69) is 20.3 Å². The summed E-state index contributed by atoms with van der Waals surface area (Å²) in [6.07, 6.45) is 3.40. The van der Waals surface area contributed by atoms with Gasteiger partial charge in [0, 0.05) is 48.0 Å². The van der Waals surface area contributed by atoms with Gasteiger partial charge < -0.3 is 20.1 Å². The van der Waals surface area contributed by atoms with Crippen molar-refractivity contribution >= 4 is 28.2 Å². The van der Waals surface area contributed by atoms with E-state index in [1.54, 1.807) is 24.3 Å². The van der Waals surface area contributed by atoms with Gasteiger partial charge in [-0.1, -0.05) is 0 Å². The van der Waals surface area contributed by atoms with Crippen LogP contribution in [0, 0.1) is 17.2 Å². The number of H-pyrrole nitrogens is 1. The van der Waals surface area contributed by atoms with Crippen molar-refractivity contribution in [1.82, 2.24) is 14.8 Å². The van der Waals surface area contributed by atoms with Gasteiger partial charge in [-0.15, -0.1) is 0 Å². The molecule has 1 aliphatic rings. The molecule has 3 aromatic rings. The molecule has 1 aromatic heterocycles. The molecule has 182 valence electrons. The zero-order chi connectivity index (χ0) is 25.1. The van der Waals surface area contributed by atoms with Crippen LogP contribution in [0.5, 0.6) is 0 Å². The highest BCUT2D eigenvalue weighted by atomic mass is 19.2. The first-order valence-corrected chi connectivity index (χ1v) is 11.2. The first kappa shape index (κ1) is 24.2. The lowest BCUT2D eigenvalue weighted by Gasteiger charge is -2.36. The van der Waals surface area contributed by atoms with E-state index in [0.717, 1.165) is 31.5 Å². The molecule has 2 heterocycles. The molecule has 1 fully saturated rings. The van der Waals surface area contributed by atoms with Crippen LogP contribution in [0.4, 0.5) is 14.5 Å². The first-order chi connectivity index (χ1) is 16.8. The third-order valence-corrected chi connectivity index (χ3v) is 6.20. The Balaban J connectivity index is 1.51. The highest BCUT2D eigenvalue weighted by molar-refractivity contribution is 5.94. The predicted octanol–water partition coefficient (Wildman–Crippen LogP) is 4.41. The number of anilines is 1. The number of rotatable bonds is 6. The number of fused-ring (bicyclic) bond motifs is 1. The van der Waals surface area contributed by atoms with E-state index in [1.807, 2.05) is 19.0 Å². The van der Waals surface area contributed by atoms with Gasteiger partial charge in [0.1, 0.15) is 5.70 Å². The third-order valence-electron chi connectivity index (χ3n) is 6.20. The van der Waals surface area contributed by atoms with Gasteiger partial charge in [-0.2, -0.15) is 5.11 Å². The topological polar surface area (TPSA) is 105 Å². The molecule has 0 radical (unpaired) electrons. The van der Waals surface area contributed by atoms with E-state index in [9.17, 15) is 18.4 Å². The van der Waals surface area contributed by atoms with E-state index in [-0.39, 0.29) is 28.1 Å². The first-order valence-electron chi connectivity index (χ1n) is 11.2. The maximum atomic E-state index is 13.6. The summed E-state index contributed by atoms with van der Waals surface area (Å²) in [5.74, 6) is -2.13. The molecule has 4 rings (SSSR count). The zero-order valence-electron chi connectivity index (χ0n) is 19.4. The second kappa shape index (κ2) is 10.1. The molecule has 1 saturated heterocycles. The number of nitrogens with one attached hydrogen (secondary N) is 3. The molecule has 35 heavy (non-hydrogen) atoms. The fraction of sp³-hybridized carbons (Fsp3) is 0.280. The van der Waals surface area contributed by atoms with E-state index in [1.165, 1.54) is 12.3 Å². The fourth-order valence-electron chi connectivity index (χ4n) is 4.17. The van der Waals surface area contributed by atoms with Crippen molar-refractivity contribution in [2.75, 3.05) is 32.5 Å². The van der Waals surface area contributed by atoms with Crippen LogP contribution < -0.4 is 10.9 Å². The number of aromatic nitrogens is 1. The number of likely N-dealkylation sites (N-methyl/N-ethyl adjacent to an activating group) is 1. The molecule has 1 amide bonds. The molecule has 0 spiro atoms. The minimum atomic E-state index is -1.07. The van der Waals surface area contributed by atoms with Gasteiger partial charge in [-0.05, 0) is 63.3 Å². The van der Waals surface area contributed by atoms with Crippen LogP contribution in [0.2, 0.25) is 0 Å². The number of pyridine rings is 1. The Hall–Kier alpha value is -3.92. The monoisotopic (exact) mass is 480 g/mol. The zero-order valence-corrected chi connectivity index (χ0v) is 19.4. The Kier molecular flexibility index (Phi) is 7.02. The standard InChI is InChI=1S/C25H26F2N6O2/c1-32(2)18-4-3-9-33(14-18)25(35)15-5-7-17(8-6-15)29-13-23(31-28)19-10-16-11-20(26)21(27)12-22(16)30-24(19)34/h5-8,10-13,18,28-29H,3-4,9,14H2,1-2H3,(H,30,34)/b23-13-,31-28?/t18-/m0/s1. The second-order valence-electron chi connectivity index (χ2n) is 8.74. The van der Waals surface area contributed by atoms with Gasteiger partial charge in [0.15, 0.2) is 11.6 Å². The van der Waals surface area contributed by atoms with E-state index < -0.39 is 17.2 Å². The summed E-state index contributed by atoms with van der Waals surface area (Å²) >= 11 is 0. The van der Waals surface area contributed by atoms with Crippen molar-refractivity contribution in [2.24, 2.45) is 5.11 Å². The Labute approximate surface area is 200 Å². The Morgan fingerprint density at radius 3 is 2.60 bits per heavy atom. The fourth-order valence-corrected chi connectivity index (χ4v) is 4.17. The Morgan fingerprint density at radius 2 is 1.91 bits per heavy atom. The lowest BCUT2D eigenvalue weighted by atomic mass is 10.0. The van der Waals surface area contributed by atoms with E-state index >= 15 is 0 Å². The van der Waals surface area contributed by atoms with Crippen LogP contribution in [0.1, 0.15) is 28.8 Å². The number of amides is 1. The molecule has 0 bridgehead atoms. The van der Waals surface area contributed by atoms with Crippen molar-refractivity contribution in [1.29, 1.82) is 5.53 Å². The quantitative estimate of drug-likeness (QED) is 0.455. The average Bonchev–Trinajstić information content (AvgIpc) is 2.85. The van der Waals surface area contributed by atoms with Crippen LogP contribution in [-0.4, -0.2) is 53.9 Å². The summed E-state index contributed by atoms with van der Waals surface area (Å²) in [5.41, 5.74) is 8.24. The third kappa shape index (κ3) is 5.27. The van der Waals surface area contributed by atoms with Gasteiger partial charge in [0.05, 0.1) is 11.1 Å². The number of carbonyl (C=O) groups is 1. The molecule has 1 atom stereocenters. The molecule has 2 aromatic carbocycles. The summed E-state index contributed by atoms with van der Waals surface area (Å²) < 4.78 is 27.1. The predicted molar refractivity (Wildman–Crippen MR) is 130 cm³/mol. The number of aromatic amines is 1. The lowest BCUT2D eigenvalue weighted by Crippen LogP contribution is -2.47. The van der Waals surface area contributed by atoms with E-state index in [4.69, 9.17) is 5.53 Å². The minimum Gasteiger partial charge on any atom is -0.360 e. The van der Waals surface area contributed by atoms with Gasteiger partial charge in [0.2, 0.25) is 0 Å². The summed E-state index contributed by atoms with van der Waals surface area (Å²) in [6.45, 7) is 1.43. The minimum absolute atomic E-state index is 0.00100. The van der Waals surface area contributed by atoms with Crippen LogP contribution in [0.3, 0.4) is 0 Å². The van der Waals surface area contributed by atoms with Crippen molar-refractivity contribution in [3.8, 4) is 0 Å². The number of carbonyl (C=O) groups excluding carboxylic acids is 1. The number of likely N-dealkylation sites (tertiary alicyclic amines) is 1. The molecule has 0 unspecified atom stereocenters. The van der Waals surface area contributed by atoms with Gasteiger partial charge in [0.25, 0.3) is 11.5 Å². The smallest absolute Gasteiger partial charge is 0.258 e. The maximum Gasteiger partial charge on any atom is 0.258 e. The number of hydrogen-bond acceptors (Lipinski definition) is 6. The van der Waals surface area contributed by atoms with Crippen LogP contribution >= 0.6 is 0 Å². The Bertz CT molecular complexity index is 1350. The van der Waals surface area contributed by atoms with Crippen LogP contribution in [0.25, 0.3) is 16.6 Å². The summed E-state index contributed by atoms with van der Waals surface area (Å²) in [5, 5.41) is 6.64. The van der Waals surface area contributed by atoms with Crippen molar-refractivity contribution in [2.45, 2.75) is 18.9 Å². The highest BCUT2D eigenvalue weighted by Gasteiger charge is 2.25. The van der Waals surface area contributed by atoms with E-state index in [0.29, 0.717) is 23.8 Å². The second-order valence-corrected chi connectivity index (χ2v) is 8.74. The maximum absolute atomic E-state index is 13.6. The summed E-state index contributed by atoms with van der Waals surface area (Å²) in [6, 6.07) is 10.5. The number of nitrogens with zero attached hydrogens (tertiary/aromatic N) is 3. The van der Waals surface area contributed by atoms with Crippen molar-refractivity contribution in [3.05, 3.63) is 81.8 Å². The Morgan fingerprint density at radius 1 is 1.20 bits per heavy atom. The molecule has 8 nitrogen and oxygen atoms in total. The molecular weight excluding hydrogens is 454 g/mol. The molecule has 10 heteroatoms. The molecule has 0 saturated carbocycles. The SMILES string of the molecule is CN(C)[C@H]1CCCN(C(=O)c2ccc(N/C=C(\N=N)c3cc4cc(F)c(F)cc4[nH]c3=O)cc2)C1. The highest BCUT2D eigenvalue weighted by Crippen LogP contribution is 2.21. The normalized spacial score (nSPS) is 16.5. The number of benzene rings is 2. The van der Waals surface area contributed by atoms with Gasteiger partial charge in [-0.3, -0.25) is 9.59 Å². The van der Waals surface area contributed by atoms with Gasteiger partial charge in [-0.25, -0.2) is 14.3 Å². The molecular formula is C25H26F2N6O2. The van der Waals surface area contributed by atoms with Crippen molar-refractivity contribution < 1.29 is 13.6 Å². The molecule has 3 N–H and O–H groups in total. The van der Waals surface area contributed by atoms with Crippen LogP contribution in [0.15, 0.2) is 58.6 Å². The van der Waals surface area contributed by atoms with Crippen molar-refractivity contribution in [3.63, 3.8) is 0 Å². The number of piperidine rings is 1. The molecule has 1 aliphatic heterocycles. The number of halogens is 2.